The predicted molar refractivity (Wildman–Crippen MR) is 138 cm³/mol. The Morgan fingerprint density at radius 1 is 1.08 bits per heavy atom. The summed E-state index contributed by atoms with van der Waals surface area (Å²) in [5.74, 6) is 0.620. The van der Waals surface area contributed by atoms with Gasteiger partial charge in [0.2, 0.25) is 5.95 Å². The molecule has 0 radical (unpaired) electrons. The first-order chi connectivity index (χ1) is 17.5. The van der Waals surface area contributed by atoms with Crippen LogP contribution in [-0.4, -0.2) is 27.8 Å². The Hall–Kier alpha value is -4.43. The van der Waals surface area contributed by atoms with E-state index in [1.165, 1.54) is 18.2 Å². The van der Waals surface area contributed by atoms with Crippen molar-refractivity contribution in [3.63, 3.8) is 0 Å². The molecule has 0 bridgehead atoms. The van der Waals surface area contributed by atoms with Crippen molar-refractivity contribution >= 4 is 41.2 Å². The fourth-order valence-corrected chi connectivity index (χ4v) is 3.91. The maximum atomic E-state index is 13.1. The van der Waals surface area contributed by atoms with Crippen LogP contribution < -0.4 is 15.4 Å². The van der Waals surface area contributed by atoms with Gasteiger partial charge in [-0.1, -0.05) is 48.0 Å². The second kappa shape index (κ2) is 10.1. The quantitative estimate of drug-likeness (QED) is 0.327. The average molecular weight is 502 g/mol. The third-order valence-electron chi connectivity index (χ3n) is 5.61. The zero-order valence-electron chi connectivity index (χ0n) is 19.2. The van der Waals surface area contributed by atoms with Gasteiger partial charge in [0.25, 0.3) is 11.9 Å². The van der Waals surface area contributed by atoms with Crippen molar-refractivity contribution in [3.05, 3.63) is 112 Å². The van der Waals surface area contributed by atoms with Crippen molar-refractivity contribution in [3.8, 4) is 5.75 Å². The molecule has 1 unspecified atom stereocenters. The third kappa shape index (κ3) is 5.13. The van der Waals surface area contributed by atoms with E-state index < -0.39 is 5.91 Å². The van der Waals surface area contributed by atoms with E-state index in [-0.39, 0.29) is 17.8 Å². The molecule has 36 heavy (non-hydrogen) atoms. The number of nitrogens with one attached hydrogen (secondary N) is 2. The molecule has 2 heterocycles. The van der Waals surface area contributed by atoms with Gasteiger partial charge < -0.3 is 10.1 Å². The van der Waals surface area contributed by atoms with Crippen molar-refractivity contribution < 1.29 is 13.9 Å². The van der Waals surface area contributed by atoms with Gasteiger partial charge >= 0.3 is 0 Å². The molecule has 1 aliphatic heterocycles. The summed E-state index contributed by atoms with van der Waals surface area (Å²) in [6.07, 6.45) is 4.97. The molecular weight excluding hydrogens is 481 g/mol. The van der Waals surface area contributed by atoms with Gasteiger partial charge in [0.1, 0.15) is 17.6 Å². The molecule has 5 rings (SSSR count). The molecule has 180 valence electrons. The molecule has 7 nitrogen and oxygen atoms in total. The standard InChI is InChI=1S/C27H21ClFN5O2/c1-36-22-13-7-19(8-14-22)24-16-23(18-5-9-20(28)10-6-18)30-27-32-26(33-34(24)27)31-25(35)15-4-17-2-11-21(29)12-3-17/h2-16,24H,1H3,(H2,30,31,32,33,35). The minimum Gasteiger partial charge on any atom is -0.497 e. The number of methoxy groups -OCH3 is 1. The topological polar surface area (TPSA) is 81.1 Å². The third-order valence-corrected chi connectivity index (χ3v) is 5.86. The Bertz CT molecular complexity index is 1450. The van der Waals surface area contributed by atoms with Crippen molar-refractivity contribution in [2.75, 3.05) is 17.7 Å². The van der Waals surface area contributed by atoms with Crippen molar-refractivity contribution in [2.24, 2.45) is 0 Å². The molecule has 0 aliphatic carbocycles. The van der Waals surface area contributed by atoms with Crippen LogP contribution >= 0.6 is 11.6 Å². The van der Waals surface area contributed by atoms with E-state index in [0.29, 0.717) is 16.5 Å². The largest absolute Gasteiger partial charge is 0.497 e. The van der Waals surface area contributed by atoms with Crippen LogP contribution in [0.4, 0.5) is 16.3 Å². The molecule has 1 atom stereocenters. The number of carbonyl (C=O) groups is 1. The fraction of sp³-hybridized carbons (Fsp3) is 0.0741. The molecule has 0 saturated heterocycles. The number of fused-ring (bicyclic) bond motifs is 1. The molecule has 3 aromatic carbocycles. The summed E-state index contributed by atoms with van der Waals surface area (Å²) in [4.78, 5) is 17.0. The van der Waals surface area contributed by atoms with E-state index in [1.54, 1.807) is 30.0 Å². The van der Waals surface area contributed by atoms with Gasteiger partial charge in [-0.05, 0) is 65.2 Å². The van der Waals surface area contributed by atoms with Crippen LogP contribution in [0.1, 0.15) is 22.7 Å². The zero-order valence-corrected chi connectivity index (χ0v) is 19.9. The van der Waals surface area contributed by atoms with E-state index in [2.05, 4.69) is 20.7 Å². The number of carbonyl (C=O) groups excluding carboxylic acids is 1. The lowest BCUT2D eigenvalue weighted by atomic mass is 10.0. The van der Waals surface area contributed by atoms with Crippen LogP contribution in [0.15, 0.2) is 84.9 Å². The Labute approximate surface area is 211 Å². The normalized spacial score (nSPS) is 14.6. The lowest BCUT2D eigenvalue weighted by Gasteiger charge is -2.24. The van der Waals surface area contributed by atoms with Gasteiger partial charge in [0, 0.05) is 16.8 Å². The number of ether oxygens (including phenoxy) is 1. The van der Waals surface area contributed by atoms with Crippen LogP contribution in [0.3, 0.4) is 0 Å². The van der Waals surface area contributed by atoms with Crippen LogP contribution in [-0.2, 0) is 4.79 Å². The molecule has 0 saturated carbocycles. The molecule has 0 fully saturated rings. The lowest BCUT2D eigenvalue weighted by Crippen LogP contribution is -2.20. The fourth-order valence-electron chi connectivity index (χ4n) is 3.78. The second-order valence-corrected chi connectivity index (χ2v) is 8.44. The van der Waals surface area contributed by atoms with E-state index in [1.807, 2.05) is 54.6 Å². The first-order valence-electron chi connectivity index (χ1n) is 11.1. The van der Waals surface area contributed by atoms with E-state index in [4.69, 9.17) is 16.3 Å². The van der Waals surface area contributed by atoms with Crippen LogP contribution in [0.2, 0.25) is 5.02 Å². The summed E-state index contributed by atoms with van der Waals surface area (Å²) in [6.45, 7) is 0. The van der Waals surface area contributed by atoms with E-state index >= 15 is 0 Å². The van der Waals surface area contributed by atoms with Crippen LogP contribution in [0.25, 0.3) is 11.8 Å². The number of benzene rings is 3. The average Bonchev–Trinajstić information content (AvgIpc) is 3.30. The predicted octanol–water partition coefficient (Wildman–Crippen LogP) is 5.79. The molecule has 1 aromatic heterocycles. The summed E-state index contributed by atoms with van der Waals surface area (Å²) in [6, 6.07) is 20.7. The van der Waals surface area contributed by atoms with Crippen molar-refractivity contribution in [1.29, 1.82) is 0 Å². The summed E-state index contributed by atoms with van der Waals surface area (Å²) in [5, 5.41) is 11.2. The van der Waals surface area contributed by atoms with Gasteiger partial charge in [0.05, 0.1) is 7.11 Å². The number of aromatic nitrogens is 3. The van der Waals surface area contributed by atoms with Gasteiger partial charge in [-0.3, -0.25) is 10.1 Å². The van der Waals surface area contributed by atoms with Crippen LogP contribution in [0, 0.1) is 5.82 Å². The molecule has 9 heteroatoms. The Kier molecular flexibility index (Phi) is 6.51. The Balaban J connectivity index is 1.43. The first-order valence-corrected chi connectivity index (χ1v) is 11.5. The first kappa shape index (κ1) is 23.3. The van der Waals surface area contributed by atoms with Crippen molar-refractivity contribution in [1.82, 2.24) is 14.8 Å². The molecule has 1 aliphatic rings. The highest BCUT2D eigenvalue weighted by Gasteiger charge is 2.25. The summed E-state index contributed by atoms with van der Waals surface area (Å²) in [7, 11) is 1.62. The minimum absolute atomic E-state index is 0.149. The highest BCUT2D eigenvalue weighted by atomic mass is 35.5. The molecule has 0 spiro atoms. The number of hydrogen-bond acceptors (Lipinski definition) is 5. The van der Waals surface area contributed by atoms with Crippen molar-refractivity contribution in [2.45, 2.75) is 6.04 Å². The SMILES string of the molecule is COc1ccc(C2C=C(c3ccc(Cl)cc3)Nc3nc(NC(=O)C=Cc4ccc(F)cc4)nn32)cc1. The summed E-state index contributed by atoms with van der Waals surface area (Å²) in [5.41, 5.74) is 3.42. The molecular formula is C27H21ClFN5O2. The van der Waals surface area contributed by atoms with Crippen LogP contribution in [0.5, 0.6) is 5.75 Å². The second-order valence-electron chi connectivity index (χ2n) is 8.01. The number of amides is 1. The van der Waals surface area contributed by atoms with Gasteiger partial charge in [0.15, 0.2) is 0 Å². The number of anilines is 2. The Morgan fingerprint density at radius 3 is 2.50 bits per heavy atom. The number of rotatable bonds is 6. The maximum Gasteiger partial charge on any atom is 0.250 e. The molecule has 2 N–H and O–H groups in total. The molecule has 4 aromatic rings. The number of hydrogen-bond donors (Lipinski definition) is 2. The van der Waals surface area contributed by atoms with E-state index in [0.717, 1.165) is 22.6 Å². The van der Waals surface area contributed by atoms with Gasteiger partial charge in [-0.15, -0.1) is 5.10 Å². The highest BCUT2D eigenvalue weighted by molar-refractivity contribution is 6.30. The van der Waals surface area contributed by atoms with Gasteiger partial charge in [-0.25, -0.2) is 9.07 Å². The Morgan fingerprint density at radius 2 is 1.81 bits per heavy atom. The summed E-state index contributed by atoms with van der Waals surface area (Å²) < 4.78 is 20.1. The maximum absolute atomic E-state index is 13.1. The zero-order chi connectivity index (χ0) is 25.1. The summed E-state index contributed by atoms with van der Waals surface area (Å²) >= 11 is 6.07. The highest BCUT2D eigenvalue weighted by Crippen LogP contribution is 2.34. The molecule has 1 amide bonds. The number of nitrogens with zero attached hydrogens (tertiary/aromatic N) is 3. The smallest absolute Gasteiger partial charge is 0.250 e. The van der Waals surface area contributed by atoms with Gasteiger partial charge in [-0.2, -0.15) is 4.98 Å². The monoisotopic (exact) mass is 501 g/mol. The number of allylic oxidation sites excluding steroid dienone is 1. The minimum atomic E-state index is -0.408. The number of halogens is 2. The van der Waals surface area contributed by atoms with E-state index in [9.17, 15) is 9.18 Å². The lowest BCUT2D eigenvalue weighted by molar-refractivity contribution is -0.111.